The number of rotatable bonds is 7. The van der Waals surface area contributed by atoms with Crippen LogP contribution in [0.25, 0.3) is 0 Å². The molecule has 144 valence electrons. The number of anilines is 2. The molecule has 1 atom stereocenters. The maximum absolute atomic E-state index is 12.2. The third-order valence-corrected chi connectivity index (χ3v) is 5.45. The van der Waals surface area contributed by atoms with E-state index >= 15 is 0 Å². The van der Waals surface area contributed by atoms with Gasteiger partial charge in [0.15, 0.2) is 5.13 Å². The molecule has 0 unspecified atom stereocenters. The molecule has 0 aliphatic carbocycles. The van der Waals surface area contributed by atoms with E-state index in [4.69, 9.17) is 0 Å². The summed E-state index contributed by atoms with van der Waals surface area (Å²) in [5.41, 5.74) is 1.93. The van der Waals surface area contributed by atoms with Gasteiger partial charge in [0, 0.05) is 36.6 Å². The van der Waals surface area contributed by atoms with Crippen molar-refractivity contribution >= 4 is 34.0 Å². The summed E-state index contributed by atoms with van der Waals surface area (Å²) >= 11 is 1.35. The van der Waals surface area contributed by atoms with Crippen LogP contribution in [0.5, 0.6) is 0 Å². The molecule has 1 aromatic carbocycles. The van der Waals surface area contributed by atoms with E-state index in [0.717, 1.165) is 19.5 Å². The van der Waals surface area contributed by atoms with E-state index in [1.54, 1.807) is 0 Å². The second kappa shape index (κ2) is 8.99. The summed E-state index contributed by atoms with van der Waals surface area (Å²) in [5.74, 6) is 0.276. The van der Waals surface area contributed by atoms with Gasteiger partial charge in [0.1, 0.15) is 0 Å². The van der Waals surface area contributed by atoms with Gasteiger partial charge >= 0.3 is 0 Å². The summed E-state index contributed by atoms with van der Waals surface area (Å²) in [6.07, 6.45) is 1.32. The number of carbonyl (C=O) groups excluding carboxylic acids is 2. The fourth-order valence-electron chi connectivity index (χ4n) is 3.05. The third kappa shape index (κ3) is 5.53. The fourth-order valence-corrected chi connectivity index (χ4v) is 3.77. The van der Waals surface area contributed by atoms with Crippen molar-refractivity contribution in [1.82, 2.24) is 10.3 Å². The van der Waals surface area contributed by atoms with Gasteiger partial charge in [0.05, 0.1) is 12.1 Å². The van der Waals surface area contributed by atoms with Crippen molar-refractivity contribution in [3.05, 3.63) is 41.4 Å². The second-order valence-corrected chi connectivity index (χ2v) is 8.06. The summed E-state index contributed by atoms with van der Waals surface area (Å²) < 4.78 is 0. The van der Waals surface area contributed by atoms with E-state index in [1.165, 1.54) is 17.0 Å². The maximum Gasteiger partial charge on any atom is 0.228 e. The van der Waals surface area contributed by atoms with Crippen LogP contribution in [-0.2, 0) is 16.0 Å². The highest BCUT2D eigenvalue weighted by Crippen LogP contribution is 2.23. The average Bonchev–Trinajstić information content (AvgIpc) is 3.30. The van der Waals surface area contributed by atoms with Crippen LogP contribution >= 0.6 is 11.3 Å². The van der Waals surface area contributed by atoms with Crippen LogP contribution in [0, 0.1) is 11.8 Å². The lowest BCUT2D eigenvalue weighted by Gasteiger charge is -2.18. The molecule has 2 aromatic rings. The van der Waals surface area contributed by atoms with Crippen LogP contribution in [-0.4, -0.2) is 36.4 Å². The lowest BCUT2D eigenvalue weighted by Crippen LogP contribution is -2.32. The number of amides is 2. The number of nitrogens with one attached hydrogen (secondary N) is 2. The summed E-state index contributed by atoms with van der Waals surface area (Å²) in [6.45, 7) is 6.34. The molecule has 1 fully saturated rings. The first kappa shape index (κ1) is 19.4. The Labute approximate surface area is 164 Å². The molecule has 3 rings (SSSR count). The highest BCUT2D eigenvalue weighted by molar-refractivity contribution is 7.13. The zero-order chi connectivity index (χ0) is 19.2. The van der Waals surface area contributed by atoms with Gasteiger partial charge in [-0.2, -0.15) is 0 Å². The lowest BCUT2D eigenvalue weighted by atomic mass is 10.1. The molecule has 1 aliphatic rings. The Kier molecular flexibility index (Phi) is 6.45. The molecule has 0 saturated carbocycles. The van der Waals surface area contributed by atoms with E-state index in [0.29, 0.717) is 23.3 Å². The first-order chi connectivity index (χ1) is 13.0. The SMILES string of the molecule is CC(C)C(=O)Nc1nc(CC(=O)NC[C@@H]2CCN(c3ccccc3)C2)cs1. The highest BCUT2D eigenvalue weighted by atomic mass is 32.1. The first-order valence-corrected chi connectivity index (χ1v) is 10.2. The topological polar surface area (TPSA) is 74.3 Å². The monoisotopic (exact) mass is 386 g/mol. The number of nitrogens with zero attached hydrogens (tertiary/aromatic N) is 2. The number of thiazole rings is 1. The van der Waals surface area contributed by atoms with Crippen molar-refractivity contribution in [2.75, 3.05) is 29.9 Å². The minimum Gasteiger partial charge on any atom is -0.371 e. The van der Waals surface area contributed by atoms with Crippen molar-refractivity contribution in [3.63, 3.8) is 0 Å². The lowest BCUT2D eigenvalue weighted by molar-refractivity contribution is -0.120. The molecular weight excluding hydrogens is 360 g/mol. The molecular formula is C20H26N4O2S. The summed E-state index contributed by atoms with van der Waals surface area (Å²) in [5, 5.41) is 8.16. The van der Waals surface area contributed by atoms with Gasteiger partial charge in [-0.25, -0.2) is 4.98 Å². The number of carbonyl (C=O) groups is 2. The third-order valence-electron chi connectivity index (χ3n) is 4.64. The first-order valence-electron chi connectivity index (χ1n) is 9.33. The number of para-hydroxylation sites is 1. The zero-order valence-corrected chi connectivity index (χ0v) is 16.6. The predicted molar refractivity (Wildman–Crippen MR) is 109 cm³/mol. The average molecular weight is 387 g/mol. The van der Waals surface area contributed by atoms with E-state index < -0.39 is 0 Å². The van der Waals surface area contributed by atoms with Crippen LogP contribution in [0.1, 0.15) is 26.0 Å². The normalized spacial score (nSPS) is 16.6. The van der Waals surface area contributed by atoms with Crippen molar-refractivity contribution in [1.29, 1.82) is 0 Å². The van der Waals surface area contributed by atoms with E-state index in [9.17, 15) is 9.59 Å². The number of benzene rings is 1. The van der Waals surface area contributed by atoms with Gasteiger partial charge < -0.3 is 15.5 Å². The quantitative estimate of drug-likeness (QED) is 0.767. The van der Waals surface area contributed by atoms with Crippen LogP contribution in [0.15, 0.2) is 35.7 Å². The standard InChI is InChI=1S/C20H26N4O2S/c1-14(2)19(26)23-20-22-16(13-27-20)10-18(25)21-11-15-8-9-24(12-15)17-6-4-3-5-7-17/h3-7,13-15H,8-12H2,1-2H3,(H,21,25)(H,22,23,26)/t15-/m0/s1. The molecule has 2 amide bonds. The van der Waals surface area contributed by atoms with Crippen molar-refractivity contribution < 1.29 is 9.59 Å². The Balaban J connectivity index is 1.41. The summed E-state index contributed by atoms with van der Waals surface area (Å²) in [7, 11) is 0. The Bertz CT molecular complexity index is 775. The van der Waals surface area contributed by atoms with E-state index in [2.05, 4.69) is 44.8 Å². The molecule has 0 radical (unpaired) electrons. The minimum absolute atomic E-state index is 0.0276. The van der Waals surface area contributed by atoms with Gasteiger partial charge in [0.25, 0.3) is 0 Å². The number of hydrogen-bond donors (Lipinski definition) is 2. The molecule has 0 spiro atoms. The largest absolute Gasteiger partial charge is 0.371 e. The fraction of sp³-hybridized carbons (Fsp3) is 0.450. The summed E-state index contributed by atoms with van der Waals surface area (Å²) in [4.78, 5) is 30.6. The molecule has 6 nitrogen and oxygen atoms in total. The maximum atomic E-state index is 12.2. The molecule has 2 N–H and O–H groups in total. The number of aromatic nitrogens is 1. The van der Waals surface area contributed by atoms with E-state index in [-0.39, 0.29) is 24.2 Å². The smallest absolute Gasteiger partial charge is 0.228 e. The molecule has 1 aliphatic heterocycles. The molecule has 27 heavy (non-hydrogen) atoms. The molecule has 1 aromatic heterocycles. The predicted octanol–water partition coefficient (Wildman–Crippen LogP) is 2.92. The molecule has 7 heteroatoms. The van der Waals surface area contributed by atoms with Crippen LogP contribution < -0.4 is 15.5 Å². The van der Waals surface area contributed by atoms with Crippen molar-refractivity contribution in [2.24, 2.45) is 11.8 Å². The van der Waals surface area contributed by atoms with E-state index in [1.807, 2.05) is 25.3 Å². The Morgan fingerprint density at radius 1 is 1.30 bits per heavy atom. The van der Waals surface area contributed by atoms with Crippen LogP contribution in [0.3, 0.4) is 0 Å². The molecule has 0 bridgehead atoms. The minimum atomic E-state index is -0.0949. The van der Waals surface area contributed by atoms with Gasteiger partial charge in [-0.05, 0) is 24.5 Å². The Hall–Kier alpha value is -2.41. The Morgan fingerprint density at radius 3 is 2.81 bits per heavy atom. The summed E-state index contributed by atoms with van der Waals surface area (Å²) in [6, 6.07) is 10.4. The van der Waals surface area contributed by atoms with Crippen LogP contribution in [0.4, 0.5) is 10.8 Å². The van der Waals surface area contributed by atoms with Crippen molar-refractivity contribution in [3.8, 4) is 0 Å². The van der Waals surface area contributed by atoms with Gasteiger partial charge in [-0.3, -0.25) is 9.59 Å². The van der Waals surface area contributed by atoms with Gasteiger partial charge in [-0.1, -0.05) is 32.0 Å². The highest BCUT2D eigenvalue weighted by Gasteiger charge is 2.23. The molecule has 2 heterocycles. The second-order valence-electron chi connectivity index (χ2n) is 7.21. The zero-order valence-electron chi connectivity index (χ0n) is 15.8. The Morgan fingerprint density at radius 2 is 2.07 bits per heavy atom. The number of hydrogen-bond acceptors (Lipinski definition) is 5. The van der Waals surface area contributed by atoms with Crippen LogP contribution in [0.2, 0.25) is 0 Å². The van der Waals surface area contributed by atoms with Gasteiger partial charge in [0.2, 0.25) is 11.8 Å². The van der Waals surface area contributed by atoms with Gasteiger partial charge in [-0.15, -0.1) is 11.3 Å². The van der Waals surface area contributed by atoms with Crippen molar-refractivity contribution in [2.45, 2.75) is 26.7 Å². The molecule has 1 saturated heterocycles.